The molecule has 0 aliphatic rings. The molecule has 2 aromatic carbocycles. The Bertz CT molecular complexity index is 629. The fourth-order valence-electron chi connectivity index (χ4n) is 1.72. The first-order chi connectivity index (χ1) is 9.54. The minimum Gasteiger partial charge on any atom is -0.374 e. The van der Waals surface area contributed by atoms with E-state index in [1.807, 2.05) is 6.92 Å². The van der Waals surface area contributed by atoms with Crippen molar-refractivity contribution in [2.24, 2.45) is 0 Å². The molecule has 104 valence electrons. The van der Waals surface area contributed by atoms with Crippen LogP contribution in [0.25, 0.3) is 0 Å². The number of halogens is 2. The summed E-state index contributed by atoms with van der Waals surface area (Å²) in [6.07, 6.45) is 0. The van der Waals surface area contributed by atoms with Gasteiger partial charge in [0, 0.05) is 5.69 Å². The maximum atomic E-state index is 13.5. The zero-order valence-corrected chi connectivity index (χ0v) is 10.9. The van der Waals surface area contributed by atoms with Crippen molar-refractivity contribution in [1.82, 2.24) is 0 Å². The average molecular weight is 276 g/mol. The Morgan fingerprint density at radius 3 is 2.70 bits per heavy atom. The Morgan fingerprint density at radius 1 is 1.15 bits per heavy atom. The standard InChI is InChI=1S/C15H14F2N2O/c1-10-5-6-13(17)14(7-10)18-9-15(20)19-12-4-2-3-11(16)8-12/h2-8,18H,9H2,1H3,(H,19,20). The molecule has 0 spiro atoms. The maximum Gasteiger partial charge on any atom is 0.243 e. The highest BCUT2D eigenvalue weighted by molar-refractivity contribution is 5.93. The molecule has 20 heavy (non-hydrogen) atoms. The molecule has 0 saturated carbocycles. The van der Waals surface area contributed by atoms with E-state index in [9.17, 15) is 13.6 Å². The smallest absolute Gasteiger partial charge is 0.243 e. The van der Waals surface area contributed by atoms with Gasteiger partial charge >= 0.3 is 0 Å². The minimum absolute atomic E-state index is 0.100. The van der Waals surface area contributed by atoms with E-state index in [1.165, 1.54) is 24.3 Å². The first kappa shape index (κ1) is 14.0. The molecular formula is C15H14F2N2O. The molecule has 5 heteroatoms. The van der Waals surface area contributed by atoms with Crippen molar-refractivity contribution >= 4 is 17.3 Å². The summed E-state index contributed by atoms with van der Waals surface area (Å²) >= 11 is 0. The molecule has 0 radical (unpaired) electrons. The fraction of sp³-hybridized carbons (Fsp3) is 0.133. The summed E-state index contributed by atoms with van der Waals surface area (Å²) in [5.41, 5.74) is 1.51. The van der Waals surface area contributed by atoms with Crippen molar-refractivity contribution in [3.63, 3.8) is 0 Å². The van der Waals surface area contributed by atoms with E-state index in [0.717, 1.165) is 5.56 Å². The number of amides is 1. The molecule has 0 aliphatic heterocycles. The lowest BCUT2D eigenvalue weighted by Gasteiger charge is -2.09. The quantitative estimate of drug-likeness (QED) is 0.899. The Kier molecular flexibility index (Phi) is 4.30. The number of nitrogens with one attached hydrogen (secondary N) is 2. The highest BCUT2D eigenvalue weighted by atomic mass is 19.1. The highest BCUT2D eigenvalue weighted by Crippen LogP contribution is 2.15. The Labute approximate surface area is 115 Å². The van der Waals surface area contributed by atoms with E-state index in [4.69, 9.17) is 0 Å². The predicted molar refractivity (Wildman–Crippen MR) is 74.7 cm³/mol. The minimum atomic E-state index is -0.430. The lowest BCUT2D eigenvalue weighted by Crippen LogP contribution is -2.22. The summed E-state index contributed by atoms with van der Waals surface area (Å²) in [7, 11) is 0. The van der Waals surface area contributed by atoms with Crippen LogP contribution in [0.15, 0.2) is 42.5 Å². The largest absolute Gasteiger partial charge is 0.374 e. The third kappa shape index (κ3) is 3.78. The Morgan fingerprint density at radius 2 is 1.95 bits per heavy atom. The van der Waals surface area contributed by atoms with Gasteiger partial charge in [-0.2, -0.15) is 0 Å². The number of benzene rings is 2. The number of hydrogen-bond acceptors (Lipinski definition) is 2. The second kappa shape index (κ2) is 6.14. The van der Waals surface area contributed by atoms with Gasteiger partial charge in [0.05, 0.1) is 12.2 Å². The van der Waals surface area contributed by atoms with Crippen LogP contribution in [0.2, 0.25) is 0 Å². The number of aryl methyl sites for hydroxylation is 1. The number of anilines is 2. The topological polar surface area (TPSA) is 41.1 Å². The van der Waals surface area contributed by atoms with Crippen LogP contribution < -0.4 is 10.6 Å². The van der Waals surface area contributed by atoms with Gasteiger partial charge in [-0.25, -0.2) is 8.78 Å². The van der Waals surface area contributed by atoms with E-state index in [1.54, 1.807) is 18.2 Å². The molecule has 0 heterocycles. The van der Waals surface area contributed by atoms with E-state index in [2.05, 4.69) is 10.6 Å². The van der Waals surface area contributed by atoms with Gasteiger partial charge in [0.1, 0.15) is 11.6 Å². The highest BCUT2D eigenvalue weighted by Gasteiger charge is 2.06. The molecule has 0 unspecified atom stereocenters. The van der Waals surface area contributed by atoms with Gasteiger partial charge in [-0.3, -0.25) is 4.79 Å². The van der Waals surface area contributed by atoms with Gasteiger partial charge in [0.25, 0.3) is 0 Å². The molecule has 3 nitrogen and oxygen atoms in total. The third-order valence-corrected chi connectivity index (χ3v) is 2.67. The molecule has 2 rings (SSSR count). The Balaban J connectivity index is 1.94. The van der Waals surface area contributed by atoms with Crippen LogP contribution in [0.1, 0.15) is 5.56 Å². The third-order valence-electron chi connectivity index (χ3n) is 2.67. The van der Waals surface area contributed by atoms with Gasteiger partial charge in [0.15, 0.2) is 0 Å². The SMILES string of the molecule is Cc1ccc(F)c(NCC(=O)Nc2cccc(F)c2)c1. The lowest BCUT2D eigenvalue weighted by atomic mass is 10.2. The maximum absolute atomic E-state index is 13.5. The summed E-state index contributed by atoms with van der Waals surface area (Å²) in [5, 5.41) is 5.23. The normalized spacial score (nSPS) is 10.2. The summed E-state index contributed by atoms with van der Waals surface area (Å²) in [4.78, 5) is 11.7. The molecule has 0 aliphatic carbocycles. The number of hydrogen-bond donors (Lipinski definition) is 2. The van der Waals surface area contributed by atoms with Crippen molar-refractivity contribution in [3.05, 3.63) is 59.7 Å². The van der Waals surface area contributed by atoms with E-state index < -0.39 is 11.6 Å². The molecule has 2 aromatic rings. The van der Waals surface area contributed by atoms with Crippen molar-refractivity contribution in [2.45, 2.75) is 6.92 Å². The van der Waals surface area contributed by atoms with Crippen LogP contribution in [0, 0.1) is 18.6 Å². The second-order valence-corrected chi connectivity index (χ2v) is 4.40. The lowest BCUT2D eigenvalue weighted by molar-refractivity contribution is -0.114. The Hall–Kier alpha value is -2.43. The average Bonchev–Trinajstić information content (AvgIpc) is 2.40. The van der Waals surface area contributed by atoms with Gasteiger partial charge in [-0.05, 0) is 42.8 Å². The van der Waals surface area contributed by atoms with Crippen molar-refractivity contribution < 1.29 is 13.6 Å². The summed E-state index contributed by atoms with van der Waals surface area (Å²) in [6.45, 7) is 1.73. The van der Waals surface area contributed by atoms with Gasteiger partial charge in [-0.15, -0.1) is 0 Å². The van der Waals surface area contributed by atoms with Crippen molar-refractivity contribution in [2.75, 3.05) is 17.2 Å². The van der Waals surface area contributed by atoms with Crippen LogP contribution in [0.3, 0.4) is 0 Å². The predicted octanol–water partition coefficient (Wildman–Crippen LogP) is 3.32. The second-order valence-electron chi connectivity index (χ2n) is 4.40. The zero-order valence-electron chi connectivity index (χ0n) is 10.9. The van der Waals surface area contributed by atoms with Crippen molar-refractivity contribution in [3.8, 4) is 0 Å². The van der Waals surface area contributed by atoms with Gasteiger partial charge in [0.2, 0.25) is 5.91 Å². The van der Waals surface area contributed by atoms with E-state index in [-0.39, 0.29) is 18.1 Å². The number of carbonyl (C=O) groups excluding carboxylic acids is 1. The van der Waals surface area contributed by atoms with Crippen LogP contribution in [0.5, 0.6) is 0 Å². The van der Waals surface area contributed by atoms with Gasteiger partial charge in [-0.1, -0.05) is 12.1 Å². The van der Waals surface area contributed by atoms with Crippen LogP contribution in [-0.4, -0.2) is 12.5 Å². The molecule has 2 N–H and O–H groups in total. The molecule has 1 amide bonds. The zero-order chi connectivity index (χ0) is 14.5. The number of rotatable bonds is 4. The first-order valence-corrected chi connectivity index (χ1v) is 6.10. The van der Waals surface area contributed by atoms with Crippen LogP contribution in [-0.2, 0) is 4.79 Å². The molecule has 0 saturated heterocycles. The fourth-order valence-corrected chi connectivity index (χ4v) is 1.72. The molecule has 0 fully saturated rings. The van der Waals surface area contributed by atoms with Gasteiger partial charge < -0.3 is 10.6 Å². The van der Waals surface area contributed by atoms with E-state index in [0.29, 0.717) is 5.69 Å². The molecular weight excluding hydrogens is 262 g/mol. The van der Waals surface area contributed by atoms with Crippen LogP contribution in [0.4, 0.5) is 20.2 Å². The number of carbonyl (C=O) groups is 1. The molecule has 0 bridgehead atoms. The monoisotopic (exact) mass is 276 g/mol. The first-order valence-electron chi connectivity index (χ1n) is 6.10. The van der Waals surface area contributed by atoms with E-state index >= 15 is 0 Å². The molecule has 0 aromatic heterocycles. The summed E-state index contributed by atoms with van der Waals surface area (Å²) in [5.74, 6) is -1.23. The van der Waals surface area contributed by atoms with Crippen LogP contribution >= 0.6 is 0 Å². The molecule has 0 atom stereocenters. The summed E-state index contributed by atoms with van der Waals surface area (Å²) in [6, 6.07) is 10.2. The summed E-state index contributed by atoms with van der Waals surface area (Å²) < 4.78 is 26.4. The van der Waals surface area contributed by atoms with Crippen molar-refractivity contribution in [1.29, 1.82) is 0 Å².